The molecule has 8 heteroatoms. The molecule has 5 fully saturated rings. The Labute approximate surface area is 155 Å². The molecule has 1 saturated heterocycles. The molecule has 0 aromatic carbocycles. The molecule has 2 atom stereocenters. The lowest BCUT2D eigenvalue weighted by atomic mass is 9.51. The zero-order chi connectivity index (χ0) is 19.5. The molecular formula is C19H26F4O4. The van der Waals surface area contributed by atoms with E-state index in [1.54, 1.807) is 0 Å². The molecule has 4 nitrogen and oxygen atoms in total. The van der Waals surface area contributed by atoms with Crippen molar-refractivity contribution in [1.82, 2.24) is 0 Å². The number of carbonyl (C=O) groups excluding carboxylic acids is 1. The number of ether oxygens (including phenoxy) is 3. The molecule has 4 saturated carbocycles. The highest BCUT2D eigenvalue weighted by molar-refractivity contribution is 5.70. The highest BCUT2D eigenvalue weighted by Gasteiger charge is 2.69. The summed E-state index contributed by atoms with van der Waals surface area (Å²) in [5.41, 5.74) is -0.628. The van der Waals surface area contributed by atoms with Crippen LogP contribution in [0.15, 0.2) is 0 Å². The van der Waals surface area contributed by atoms with Gasteiger partial charge in [0.05, 0.1) is 0 Å². The van der Waals surface area contributed by atoms with Crippen LogP contribution in [-0.2, 0) is 19.0 Å². The fourth-order valence-electron chi connectivity index (χ4n) is 5.72. The van der Waals surface area contributed by atoms with E-state index in [0.29, 0.717) is 32.1 Å². The maximum absolute atomic E-state index is 13.8. The fraction of sp³-hybridized carbons (Fsp3) is 0.947. The Hall–Kier alpha value is -0.890. The van der Waals surface area contributed by atoms with Crippen LogP contribution in [0.3, 0.4) is 0 Å². The lowest BCUT2D eigenvalue weighted by Crippen LogP contribution is -2.66. The minimum absolute atomic E-state index is 0.242. The van der Waals surface area contributed by atoms with Gasteiger partial charge in [-0.2, -0.15) is 17.6 Å². The molecule has 0 amide bonds. The molecule has 1 aliphatic heterocycles. The van der Waals surface area contributed by atoms with E-state index in [9.17, 15) is 22.4 Å². The Morgan fingerprint density at radius 2 is 1.56 bits per heavy atom. The predicted molar refractivity (Wildman–Crippen MR) is 86.4 cm³/mol. The van der Waals surface area contributed by atoms with E-state index in [-0.39, 0.29) is 23.7 Å². The lowest BCUT2D eigenvalue weighted by Gasteiger charge is -2.63. The second kappa shape index (κ2) is 6.31. The van der Waals surface area contributed by atoms with Crippen molar-refractivity contribution in [2.75, 3.05) is 13.2 Å². The van der Waals surface area contributed by atoms with Gasteiger partial charge in [-0.15, -0.1) is 0 Å². The average Bonchev–Trinajstić information content (AvgIpc) is 2.66. The molecule has 5 aliphatic rings. The van der Waals surface area contributed by atoms with Gasteiger partial charge in [0.25, 0.3) is 0 Å². The summed E-state index contributed by atoms with van der Waals surface area (Å²) >= 11 is 0. The van der Waals surface area contributed by atoms with Gasteiger partial charge in [0.2, 0.25) is 0 Å². The summed E-state index contributed by atoms with van der Waals surface area (Å²) in [7, 11) is 0. The van der Waals surface area contributed by atoms with Crippen LogP contribution >= 0.6 is 0 Å². The van der Waals surface area contributed by atoms with Crippen molar-refractivity contribution in [3.63, 3.8) is 0 Å². The summed E-state index contributed by atoms with van der Waals surface area (Å²) < 4.78 is 71.9. The summed E-state index contributed by atoms with van der Waals surface area (Å²) in [6, 6.07) is 0. The normalized spacial score (nSPS) is 40.7. The zero-order valence-corrected chi connectivity index (χ0v) is 15.4. The Bertz CT molecular complexity index is 573. The highest BCUT2D eigenvalue weighted by atomic mass is 19.3. The Kier molecular flexibility index (Phi) is 4.54. The van der Waals surface area contributed by atoms with Gasteiger partial charge in [-0.05, 0) is 44.4 Å². The highest BCUT2D eigenvalue weighted by Crippen LogP contribution is 2.63. The third-order valence-electron chi connectivity index (χ3n) is 6.83. The van der Waals surface area contributed by atoms with Crippen LogP contribution in [0.1, 0.15) is 58.3 Å². The third-order valence-corrected chi connectivity index (χ3v) is 6.83. The van der Waals surface area contributed by atoms with Crippen molar-refractivity contribution in [2.45, 2.75) is 81.5 Å². The minimum atomic E-state index is -4.25. The molecule has 0 aromatic heterocycles. The topological polar surface area (TPSA) is 44.8 Å². The number of hydrogen-bond acceptors (Lipinski definition) is 4. The summed E-state index contributed by atoms with van der Waals surface area (Å²) in [6.07, 6.45) is 4.94. The van der Waals surface area contributed by atoms with Crippen molar-refractivity contribution >= 4 is 5.97 Å². The third kappa shape index (κ3) is 3.07. The fourth-order valence-corrected chi connectivity index (χ4v) is 5.72. The second-order valence-electron chi connectivity index (χ2n) is 8.81. The molecule has 5 rings (SSSR count). The first-order valence-electron chi connectivity index (χ1n) is 9.87. The first-order valence-corrected chi connectivity index (χ1v) is 9.87. The largest absolute Gasteiger partial charge is 0.459 e. The predicted octanol–water partition coefficient (Wildman–Crippen LogP) is 4.31. The summed E-state index contributed by atoms with van der Waals surface area (Å²) in [5.74, 6) is -10.5. The van der Waals surface area contributed by atoms with E-state index in [1.807, 2.05) is 6.92 Å². The van der Waals surface area contributed by atoms with Crippen LogP contribution in [0.2, 0.25) is 0 Å². The molecule has 2 unspecified atom stereocenters. The zero-order valence-electron chi connectivity index (χ0n) is 15.4. The first kappa shape index (κ1) is 19.4. The van der Waals surface area contributed by atoms with Crippen LogP contribution < -0.4 is 0 Å². The van der Waals surface area contributed by atoms with Gasteiger partial charge in [0.15, 0.2) is 5.79 Å². The van der Waals surface area contributed by atoms with Gasteiger partial charge in [0.1, 0.15) is 18.8 Å². The average molecular weight is 394 g/mol. The number of carbonyl (C=O) groups is 1. The number of hydrogen-bond donors (Lipinski definition) is 0. The molecule has 4 bridgehead atoms. The number of alkyl halides is 4. The number of halogens is 4. The van der Waals surface area contributed by atoms with E-state index in [2.05, 4.69) is 0 Å². The molecule has 4 aliphatic carbocycles. The van der Waals surface area contributed by atoms with E-state index in [0.717, 1.165) is 19.3 Å². The maximum atomic E-state index is 13.8. The smallest absolute Gasteiger partial charge is 0.335 e. The van der Waals surface area contributed by atoms with Crippen LogP contribution in [0.25, 0.3) is 0 Å². The quantitative estimate of drug-likeness (QED) is 0.527. The Morgan fingerprint density at radius 3 is 2.07 bits per heavy atom. The van der Waals surface area contributed by atoms with Crippen LogP contribution in [0, 0.1) is 17.8 Å². The van der Waals surface area contributed by atoms with E-state index >= 15 is 0 Å². The van der Waals surface area contributed by atoms with Gasteiger partial charge < -0.3 is 14.2 Å². The molecule has 27 heavy (non-hydrogen) atoms. The van der Waals surface area contributed by atoms with Gasteiger partial charge in [-0.25, -0.2) is 0 Å². The Balaban J connectivity index is 1.54. The van der Waals surface area contributed by atoms with E-state index in [4.69, 9.17) is 14.2 Å². The van der Waals surface area contributed by atoms with Crippen molar-refractivity contribution in [3.8, 4) is 0 Å². The molecule has 0 radical (unpaired) electrons. The van der Waals surface area contributed by atoms with Crippen LogP contribution in [0.4, 0.5) is 17.6 Å². The first-order chi connectivity index (χ1) is 12.6. The van der Waals surface area contributed by atoms with Gasteiger partial charge >= 0.3 is 17.8 Å². The summed E-state index contributed by atoms with van der Waals surface area (Å²) in [5, 5.41) is 0. The number of rotatable bonds is 4. The monoisotopic (exact) mass is 394 g/mol. The molecule has 1 heterocycles. The SMILES string of the molecule is CCCCC(=O)OC12CC3CC(C1)C1(OCC(F)(F)C(F)(F)CO1)C(C3)C2. The summed E-state index contributed by atoms with van der Waals surface area (Å²) in [6.45, 7) is -0.698. The standard InChI is InChI=1S/C19H26F4O4/c1-2-3-4-15(24)27-16-7-12-5-13(8-16)19(14(6-12)9-16)25-10-17(20,21)18(22,23)11-26-19/h12-14H,2-11H2,1H3. The summed E-state index contributed by atoms with van der Waals surface area (Å²) in [4.78, 5) is 12.2. The van der Waals surface area contributed by atoms with Crippen LogP contribution in [-0.4, -0.2) is 42.4 Å². The molecule has 154 valence electrons. The van der Waals surface area contributed by atoms with Gasteiger partial charge in [-0.1, -0.05) is 13.3 Å². The van der Waals surface area contributed by atoms with Crippen molar-refractivity contribution < 1.29 is 36.6 Å². The van der Waals surface area contributed by atoms with Crippen LogP contribution in [0.5, 0.6) is 0 Å². The number of esters is 1. The minimum Gasteiger partial charge on any atom is -0.459 e. The van der Waals surface area contributed by atoms with Crippen molar-refractivity contribution in [1.29, 1.82) is 0 Å². The van der Waals surface area contributed by atoms with Gasteiger partial charge in [-0.3, -0.25) is 4.79 Å². The molecule has 0 N–H and O–H groups in total. The molecule has 0 aromatic rings. The Morgan fingerprint density at radius 1 is 1.00 bits per heavy atom. The van der Waals surface area contributed by atoms with Gasteiger partial charge in [0, 0.05) is 18.3 Å². The number of unbranched alkanes of at least 4 members (excludes halogenated alkanes) is 1. The molecule has 1 spiro atoms. The van der Waals surface area contributed by atoms with E-state index in [1.165, 1.54) is 0 Å². The lowest BCUT2D eigenvalue weighted by molar-refractivity contribution is -0.354. The molecular weight excluding hydrogens is 368 g/mol. The maximum Gasteiger partial charge on any atom is 0.335 e. The second-order valence-corrected chi connectivity index (χ2v) is 8.81. The van der Waals surface area contributed by atoms with Crippen molar-refractivity contribution in [2.24, 2.45) is 17.8 Å². The van der Waals surface area contributed by atoms with E-state index < -0.39 is 36.4 Å². The van der Waals surface area contributed by atoms with Crippen molar-refractivity contribution in [3.05, 3.63) is 0 Å².